The normalized spacial score (nSPS) is 17.1. The highest BCUT2D eigenvalue weighted by Crippen LogP contribution is 2.25. The first-order chi connectivity index (χ1) is 12.4. The number of hydrogen-bond donors (Lipinski definition) is 1. The third kappa shape index (κ3) is 3.65. The highest BCUT2D eigenvalue weighted by molar-refractivity contribution is 6.30. The van der Waals surface area contributed by atoms with E-state index in [-0.39, 0.29) is 18.5 Å². The van der Waals surface area contributed by atoms with Crippen LogP contribution in [0.15, 0.2) is 24.4 Å². The van der Waals surface area contributed by atoms with Crippen molar-refractivity contribution in [1.82, 2.24) is 25.2 Å². The highest BCUT2D eigenvalue weighted by Gasteiger charge is 2.38. The third-order valence-corrected chi connectivity index (χ3v) is 4.41. The van der Waals surface area contributed by atoms with Gasteiger partial charge in [-0.1, -0.05) is 16.8 Å². The number of rotatable bonds is 6. The fourth-order valence-electron chi connectivity index (χ4n) is 2.77. The molecule has 0 unspecified atom stereocenters. The monoisotopic (exact) mass is 377 g/mol. The zero-order valence-corrected chi connectivity index (χ0v) is 15.5. The van der Waals surface area contributed by atoms with E-state index in [1.54, 1.807) is 29.1 Å². The molecule has 1 aromatic carbocycles. The molecule has 8 nitrogen and oxygen atoms in total. The quantitative estimate of drug-likeness (QED) is 0.779. The molecule has 1 N–H and O–H groups in total. The molecule has 1 aliphatic rings. The molecular formula is C17H20ClN5O3. The zero-order valence-electron chi connectivity index (χ0n) is 14.8. The predicted octanol–water partition coefficient (Wildman–Crippen LogP) is 2.18. The largest absolute Gasteiger partial charge is 0.496 e. The second-order valence-corrected chi connectivity index (χ2v) is 6.81. The van der Waals surface area contributed by atoms with Crippen molar-refractivity contribution in [2.45, 2.75) is 38.9 Å². The van der Waals surface area contributed by atoms with Crippen LogP contribution in [0.1, 0.15) is 31.1 Å². The topological polar surface area (TPSA) is 89.3 Å². The summed E-state index contributed by atoms with van der Waals surface area (Å²) in [5, 5.41) is 11.3. The lowest BCUT2D eigenvalue weighted by Crippen LogP contribution is -2.32. The molecule has 0 spiro atoms. The molecule has 1 saturated heterocycles. The number of carbonyl (C=O) groups excluding carboxylic acids is 2. The molecule has 1 aliphatic heterocycles. The van der Waals surface area contributed by atoms with Crippen LogP contribution >= 0.6 is 11.6 Å². The number of benzene rings is 1. The minimum atomic E-state index is -0.662. The number of nitrogens with one attached hydrogen (secondary N) is 1. The summed E-state index contributed by atoms with van der Waals surface area (Å²) in [4.78, 5) is 26.1. The Balaban J connectivity index is 1.73. The smallest absolute Gasteiger partial charge is 0.325 e. The van der Waals surface area contributed by atoms with Crippen molar-refractivity contribution in [2.24, 2.45) is 0 Å². The SMILES string of the molecule is COc1ccc(Cl)cc1CN1C(=O)N[C@H](Cc2cn(C(C)C)nn2)C1=O. The van der Waals surface area contributed by atoms with E-state index in [2.05, 4.69) is 15.6 Å². The molecule has 1 fully saturated rings. The average Bonchev–Trinajstić information content (AvgIpc) is 3.16. The Hall–Kier alpha value is -2.61. The first-order valence-electron chi connectivity index (χ1n) is 8.24. The van der Waals surface area contributed by atoms with Crippen LogP contribution in [0, 0.1) is 0 Å². The van der Waals surface area contributed by atoms with Crippen molar-refractivity contribution in [3.63, 3.8) is 0 Å². The number of methoxy groups -OCH3 is 1. The Labute approximate surface area is 156 Å². The van der Waals surface area contributed by atoms with Crippen molar-refractivity contribution >= 4 is 23.5 Å². The van der Waals surface area contributed by atoms with E-state index in [0.717, 1.165) is 4.90 Å². The summed E-state index contributed by atoms with van der Waals surface area (Å²) in [6, 6.07) is 4.15. The number of amides is 3. The number of halogens is 1. The molecule has 0 radical (unpaired) electrons. The van der Waals surface area contributed by atoms with E-state index in [0.29, 0.717) is 28.5 Å². The molecule has 0 saturated carbocycles. The number of aromatic nitrogens is 3. The van der Waals surface area contributed by atoms with Gasteiger partial charge in [0, 0.05) is 29.2 Å². The van der Waals surface area contributed by atoms with Gasteiger partial charge < -0.3 is 10.1 Å². The fourth-order valence-corrected chi connectivity index (χ4v) is 2.97. The summed E-state index contributed by atoms with van der Waals surface area (Å²) in [5.74, 6) is 0.259. The molecule has 1 atom stereocenters. The van der Waals surface area contributed by atoms with Crippen molar-refractivity contribution in [3.05, 3.63) is 40.7 Å². The molecule has 3 amide bonds. The predicted molar refractivity (Wildman–Crippen MR) is 95.0 cm³/mol. The van der Waals surface area contributed by atoms with Gasteiger partial charge in [-0.15, -0.1) is 5.10 Å². The molecule has 0 bridgehead atoms. The van der Waals surface area contributed by atoms with Crippen molar-refractivity contribution in [3.8, 4) is 5.75 Å². The van der Waals surface area contributed by atoms with Crippen LogP contribution in [0.5, 0.6) is 5.75 Å². The maximum Gasteiger partial charge on any atom is 0.325 e. The summed E-state index contributed by atoms with van der Waals surface area (Å²) in [6.45, 7) is 4.06. The Morgan fingerprint density at radius 1 is 1.35 bits per heavy atom. The fraction of sp³-hybridized carbons (Fsp3) is 0.412. The lowest BCUT2D eigenvalue weighted by molar-refractivity contribution is -0.127. The Kier molecular flexibility index (Phi) is 5.13. The Morgan fingerprint density at radius 2 is 2.12 bits per heavy atom. The molecule has 9 heteroatoms. The molecule has 2 heterocycles. The highest BCUT2D eigenvalue weighted by atomic mass is 35.5. The number of ether oxygens (including phenoxy) is 1. The Bertz CT molecular complexity index is 836. The first kappa shape index (κ1) is 18.2. The van der Waals surface area contributed by atoms with Crippen LogP contribution < -0.4 is 10.1 Å². The summed E-state index contributed by atoms with van der Waals surface area (Å²) >= 11 is 6.02. The summed E-state index contributed by atoms with van der Waals surface area (Å²) in [7, 11) is 1.53. The van der Waals surface area contributed by atoms with Crippen LogP contribution in [0.3, 0.4) is 0 Å². The number of imide groups is 1. The molecule has 0 aliphatic carbocycles. The maximum absolute atomic E-state index is 12.7. The van der Waals surface area contributed by atoms with Gasteiger partial charge in [-0.25, -0.2) is 9.48 Å². The summed E-state index contributed by atoms with van der Waals surface area (Å²) in [6.07, 6.45) is 2.08. The van der Waals surface area contributed by atoms with E-state index in [9.17, 15) is 9.59 Å². The molecule has 2 aromatic rings. The number of hydrogen-bond acceptors (Lipinski definition) is 5. The first-order valence-corrected chi connectivity index (χ1v) is 8.62. The van der Waals surface area contributed by atoms with Crippen LogP contribution in [0.4, 0.5) is 4.79 Å². The molecule has 1 aromatic heterocycles. The minimum absolute atomic E-state index is 0.0869. The average molecular weight is 378 g/mol. The van der Waals surface area contributed by atoms with Crippen LogP contribution in [0.2, 0.25) is 5.02 Å². The van der Waals surface area contributed by atoms with E-state index < -0.39 is 12.1 Å². The summed E-state index contributed by atoms with van der Waals surface area (Å²) < 4.78 is 6.99. The van der Waals surface area contributed by atoms with Gasteiger partial charge in [0.05, 0.1) is 19.3 Å². The standard InChI is InChI=1S/C17H20ClN5O3/c1-10(2)23-9-13(20-21-23)7-14-16(24)22(17(25)19-14)8-11-6-12(18)4-5-15(11)26-3/h4-6,9-10,14H,7-8H2,1-3H3,(H,19,25)/t14-/m1/s1. The van der Waals surface area contributed by atoms with Crippen molar-refractivity contribution in [2.75, 3.05) is 7.11 Å². The number of urea groups is 1. The van der Waals surface area contributed by atoms with Crippen LogP contribution in [-0.4, -0.2) is 45.0 Å². The Morgan fingerprint density at radius 3 is 2.77 bits per heavy atom. The van der Waals surface area contributed by atoms with Gasteiger partial charge in [0.2, 0.25) is 0 Å². The van der Waals surface area contributed by atoms with Gasteiger partial charge in [-0.2, -0.15) is 0 Å². The third-order valence-electron chi connectivity index (χ3n) is 4.18. The van der Waals surface area contributed by atoms with Crippen molar-refractivity contribution in [1.29, 1.82) is 0 Å². The van der Waals surface area contributed by atoms with Gasteiger partial charge in [-0.05, 0) is 32.0 Å². The van der Waals surface area contributed by atoms with Gasteiger partial charge in [0.1, 0.15) is 11.8 Å². The van der Waals surface area contributed by atoms with E-state index >= 15 is 0 Å². The molecular weight excluding hydrogens is 358 g/mol. The van der Waals surface area contributed by atoms with E-state index in [4.69, 9.17) is 16.3 Å². The van der Waals surface area contributed by atoms with E-state index in [1.807, 2.05) is 13.8 Å². The second kappa shape index (κ2) is 7.33. The van der Waals surface area contributed by atoms with E-state index in [1.165, 1.54) is 7.11 Å². The second-order valence-electron chi connectivity index (χ2n) is 6.37. The lowest BCUT2D eigenvalue weighted by atomic mass is 10.1. The van der Waals surface area contributed by atoms with Gasteiger partial charge in [0.25, 0.3) is 5.91 Å². The van der Waals surface area contributed by atoms with Crippen LogP contribution in [-0.2, 0) is 17.8 Å². The number of carbonyl (C=O) groups is 2. The van der Waals surface area contributed by atoms with Gasteiger partial charge in [0.15, 0.2) is 0 Å². The van der Waals surface area contributed by atoms with Gasteiger partial charge in [-0.3, -0.25) is 9.69 Å². The minimum Gasteiger partial charge on any atom is -0.496 e. The molecule has 3 rings (SSSR count). The lowest BCUT2D eigenvalue weighted by Gasteiger charge is -2.15. The maximum atomic E-state index is 12.7. The molecule has 138 valence electrons. The number of nitrogens with zero attached hydrogens (tertiary/aromatic N) is 4. The van der Waals surface area contributed by atoms with Gasteiger partial charge >= 0.3 is 6.03 Å². The van der Waals surface area contributed by atoms with Crippen LogP contribution in [0.25, 0.3) is 0 Å². The zero-order chi connectivity index (χ0) is 18.8. The summed E-state index contributed by atoms with van der Waals surface area (Å²) in [5.41, 5.74) is 1.31. The van der Waals surface area contributed by atoms with Crippen molar-refractivity contribution < 1.29 is 14.3 Å². The molecule has 26 heavy (non-hydrogen) atoms.